The number of hydrogen-bond donors (Lipinski definition) is 2. The van der Waals surface area contributed by atoms with E-state index in [0.29, 0.717) is 10.0 Å². The highest BCUT2D eigenvalue weighted by molar-refractivity contribution is 6.42. The Balaban J connectivity index is 2.09. The minimum absolute atomic E-state index is 0.0470. The van der Waals surface area contributed by atoms with E-state index in [0.717, 1.165) is 31.5 Å². The van der Waals surface area contributed by atoms with Gasteiger partial charge in [-0.2, -0.15) is 0 Å². The van der Waals surface area contributed by atoms with Crippen molar-refractivity contribution in [2.24, 2.45) is 5.92 Å². The fourth-order valence-electron chi connectivity index (χ4n) is 2.44. The monoisotopic (exact) mass is 314 g/mol. The third kappa shape index (κ3) is 3.66. The molecular formula is C15H20Cl2N2O. The summed E-state index contributed by atoms with van der Waals surface area (Å²) in [5.41, 5.74) is 0.479. The molecule has 20 heavy (non-hydrogen) atoms. The molecule has 110 valence electrons. The molecule has 3 nitrogen and oxygen atoms in total. The molecule has 1 amide bonds. The van der Waals surface area contributed by atoms with E-state index in [1.807, 2.05) is 26.0 Å². The standard InChI is InChI=1S/C15H20Cl2N2O/c1-15(2,11-5-6-12(16)13(17)8-11)19-14(20)10-4-3-7-18-9-10/h5-6,8,10,18H,3-4,7,9H2,1-2H3,(H,19,20). The van der Waals surface area contributed by atoms with Crippen molar-refractivity contribution in [3.8, 4) is 0 Å². The molecule has 2 N–H and O–H groups in total. The Morgan fingerprint density at radius 1 is 1.35 bits per heavy atom. The van der Waals surface area contributed by atoms with Crippen LogP contribution in [0.1, 0.15) is 32.3 Å². The Hall–Kier alpha value is -0.770. The summed E-state index contributed by atoms with van der Waals surface area (Å²) in [6.45, 7) is 5.70. The van der Waals surface area contributed by atoms with Crippen LogP contribution in [0.15, 0.2) is 18.2 Å². The second-order valence-electron chi connectivity index (χ2n) is 5.79. The van der Waals surface area contributed by atoms with Crippen LogP contribution < -0.4 is 10.6 Å². The molecule has 5 heteroatoms. The number of amides is 1. The number of piperidine rings is 1. The first-order chi connectivity index (χ1) is 9.40. The summed E-state index contributed by atoms with van der Waals surface area (Å²) < 4.78 is 0. The van der Waals surface area contributed by atoms with E-state index in [1.54, 1.807) is 6.07 Å². The lowest BCUT2D eigenvalue weighted by molar-refractivity contribution is -0.127. The smallest absolute Gasteiger partial charge is 0.225 e. The van der Waals surface area contributed by atoms with E-state index >= 15 is 0 Å². The van der Waals surface area contributed by atoms with Gasteiger partial charge in [0.25, 0.3) is 0 Å². The molecule has 1 fully saturated rings. The van der Waals surface area contributed by atoms with Gasteiger partial charge < -0.3 is 10.6 Å². The first kappa shape index (κ1) is 15.6. The van der Waals surface area contributed by atoms with Crippen molar-refractivity contribution in [3.05, 3.63) is 33.8 Å². The van der Waals surface area contributed by atoms with Crippen LogP contribution in [0.2, 0.25) is 10.0 Å². The highest BCUT2D eigenvalue weighted by Crippen LogP contribution is 2.28. The van der Waals surface area contributed by atoms with Crippen LogP contribution in [0.5, 0.6) is 0 Å². The van der Waals surface area contributed by atoms with Gasteiger partial charge in [-0.3, -0.25) is 4.79 Å². The molecule has 0 spiro atoms. The topological polar surface area (TPSA) is 41.1 Å². The quantitative estimate of drug-likeness (QED) is 0.898. The van der Waals surface area contributed by atoms with Crippen molar-refractivity contribution in [1.29, 1.82) is 0 Å². The van der Waals surface area contributed by atoms with Gasteiger partial charge in [0.1, 0.15) is 0 Å². The Labute approximate surface area is 130 Å². The first-order valence-corrected chi connectivity index (χ1v) is 7.64. The lowest BCUT2D eigenvalue weighted by Gasteiger charge is -2.31. The number of hydrogen-bond acceptors (Lipinski definition) is 2. The van der Waals surface area contributed by atoms with Gasteiger partial charge in [0, 0.05) is 6.54 Å². The number of carbonyl (C=O) groups excluding carboxylic acids is 1. The zero-order valence-electron chi connectivity index (χ0n) is 11.8. The number of halogens is 2. The van der Waals surface area contributed by atoms with E-state index in [2.05, 4.69) is 10.6 Å². The van der Waals surface area contributed by atoms with Crippen LogP contribution in [0.3, 0.4) is 0 Å². The second-order valence-corrected chi connectivity index (χ2v) is 6.60. The molecule has 1 heterocycles. The molecule has 0 radical (unpaired) electrons. The Kier molecular flexibility index (Phi) is 4.95. The molecule has 0 saturated carbocycles. The normalized spacial score (nSPS) is 19.7. The fraction of sp³-hybridized carbons (Fsp3) is 0.533. The lowest BCUT2D eigenvalue weighted by atomic mass is 9.91. The minimum atomic E-state index is -0.469. The highest BCUT2D eigenvalue weighted by Gasteiger charge is 2.28. The third-order valence-corrected chi connectivity index (χ3v) is 4.48. The van der Waals surface area contributed by atoms with Gasteiger partial charge >= 0.3 is 0 Å². The molecule has 1 aliphatic heterocycles. The zero-order valence-corrected chi connectivity index (χ0v) is 13.3. The molecule has 2 rings (SSSR count). The zero-order chi connectivity index (χ0) is 14.8. The number of benzene rings is 1. The van der Waals surface area contributed by atoms with Gasteiger partial charge in [-0.25, -0.2) is 0 Å². The van der Waals surface area contributed by atoms with Crippen LogP contribution in [0, 0.1) is 5.92 Å². The van der Waals surface area contributed by atoms with Crippen molar-refractivity contribution in [2.75, 3.05) is 13.1 Å². The van der Waals surface area contributed by atoms with Crippen molar-refractivity contribution in [1.82, 2.24) is 10.6 Å². The van der Waals surface area contributed by atoms with Crippen LogP contribution >= 0.6 is 23.2 Å². The van der Waals surface area contributed by atoms with Crippen molar-refractivity contribution in [3.63, 3.8) is 0 Å². The van der Waals surface area contributed by atoms with E-state index in [4.69, 9.17) is 23.2 Å². The molecule has 0 bridgehead atoms. The van der Waals surface area contributed by atoms with Gasteiger partial charge in [0.15, 0.2) is 0 Å². The van der Waals surface area contributed by atoms with Crippen molar-refractivity contribution >= 4 is 29.1 Å². The summed E-state index contributed by atoms with van der Waals surface area (Å²) in [6, 6.07) is 5.46. The third-order valence-electron chi connectivity index (χ3n) is 3.74. The molecule has 0 aromatic heterocycles. The van der Waals surface area contributed by atoms with Gasteiger partial charge in [-0.1, -0.05) is 29.3 Å². The predicted molar refractivity (Wildman–Crippen MR) is 83.2 cm³/mol. The van der Waals surface area contributed by atoms with Crippen molar-refractivity contribution in [2.45, 2.75) is 32.2 Å². The number of rotatable bonds is 3. The van der Waals surface area contributed by atoms with Crippen LogP contribution in [0.4, 0.5) is 0 Å². The van der Waals surface area contributed by atoms with Gasteiger partial charge in [-0.05, 0) is 50.9 Å². The molecule has 1 aromatic rings. The summed E-state index contributed by atoms with van der Waals surface area (Å²) in [6.07, 6.45) is 1.99. The van der Waals surface area contributed by atoms with Crippen LogP contribution in [-0.2, 0) is 10.3 Å². The van der Waals surface area contributed by atoms with Crippen LogP contribution in [0.25, 0.3) is 0 Å². The predicted octanol–water partition coefficient (Wildman–Crippen LogP) is 3.34. The molecule has 1 aromatic carbocycles. The molecule has 1 saturated heterocycles. The van der Waals surface area contributed by atoms with Crippen LogP contribution in [-0.4, -0.2) is 19.0 Å². The maximum Gasteiger partial charge on any atom is 0.225 e. The molecule has 1 aliphatic rings. The molecule has 1 unspecified atom stereocenters. The average Bonchev–Trinajstić information content (AvgIpc) is 2.42. The Bertz CT molecular complexity index is 497. The summed E-state index contributed by atoms with van der Waals surface area (Å²) in [5, 5.41) is 7.39. The highest BCUT2D eigenvalue weighted by atomic mass is 35.5. The van der Waals surface area contributed by atoms with E-state index < -0.39 is 5.54 Å². The molecule has 1 atom stereocenters. The second kappa shape index (κ2) is 6.33. The van der Waals surface area contributed by atoms with E-state index in [9.17, 15) is 4.79 Å². The van der Waals surface area contributed by atoms with Gasteiger partial charge in [0.2, 0.25) is 5.91 Å². The first-order valence-electron chi connectivity index (χ1n) is 6.88. The SMILES string of the molecule is CC(C)(NC(=O)C1CCCNC1)c1ccc(Cl)c(Cl)c1. The van der Waals surface area contributed by atoms with Crippen molar-refractivity contribution < 1.29 is 4.79 Å². The van der Waals surface area contributed by atoms with Gasteiger partial charge in [0.05, 0.1) is 21.5 Å². The summed E-state index contributed by atoms with van der Waals surface area (Å²) >= 11 is 12.0. The molecular weight excluding hydrogens is 295 g/mol. The number of nitrogens with one attached hydrogen (secondary N) is 2. The summed E-state index contributed by atoms with van der Waals surface area (Å²) in [7, 11) is 0. The largest absolute Gasteiger partial charge is 0.347 e. The summed E-state index contributed by atoms with van der Waals surface area (Å²) in [5.74, 6) is 0.138. The number of carbonyl (C=O) groups is 1. The molecule has 0 aliphatic carbocycles. The van der Waals surface area contributed by atoms with E-state index in [-0.39, 0.29) is 11.8 Å². The summed E-state index contributed by atoms with van der Waals surface area (Å²) in [4.78, 5) is 12.3. The minimum Gasteiger partial charge on any atom is -0.347 e. The van der Waals surface area contributed by atoms with E-state index in [1.165, 1.54) is 0 Å². The maximum atomic E-state index is 12.3. The lowest BCUT2D eigenvalue weighted by Crippen LogP contribution is -2.47. The Morgan fingerprint density at radius 2 is 2.10 bits per heavy atom. The fourth-order valence-corrected chi connectivity index (χ4v) is 2.74. The maximum absolute atomic E-state index is 12.3. The van der Waals surface area contributed by atoms with Gasteiger partial charge in [-0.15, -0.1) is 0 Å². The average molecular weight is 315 g/mol. The Morgan fingerprint density at radius 3 is 2.70 bits per heavy atom.